The van der Waals surface area contributed by atoms with Crippen LogP contribution in [-0.4, -0.2) is 64.2 Å². The van der Waals surface area contributed by atoms with Gasteiger partial charge in [-0.25, -0.2) is 4.79 Å². The average Bonchev–Trinajstić information content (AvgIpc) is 2.83. The summed E-state index contributed by atoms with van der Waals surface area (Å²) in [6, 6.07) is 4.81. The Morgan fingerprint density at radius 3 is 2.49 bits per heavy atom. The molecule has 0 radical (unpaired) electrons. The number of phenols is 1. The van der Waals surface area contributed by atoms with Gasteiger partial charge in [0.05, 0.1) is 0 Å². The maximum absolute atomic E-state index is 14.1. The molecule has 208 valence electrons. The summed E-state index contributed by atoms with van der Waals surface area (Å²) in [5.41, 5.74) is -0.165. The minimum atomic E-state index is -0.926. The lowest BCUT2D eigenvalue weighted by atomic mass is 9.94. The third kappa shape index (κ3) is 10.5. The summed E-state index contributed by atoms with van der Waals surface area (Å²) in [6.07, 6.45) is 8.33. The zero-order valence-electron chi connectivity index (χ0n) is 23.0. The van der Waals surface area contributed by atoms with E-state index in [1.54, 1.807) is 55.6 Å². The summed E-state index contributed by atoms with van der Waals surface area (Å²) in [5, 5.41) is 16.1. The number of nitrogens with zero attached hydrogens (tertiary/aromatic N) is 1. The molecule has 8 nitrogen and oxygen atoms in total. The lowest BCUT2D eigenvalue weighted by Crippen LogP contribution is -2.54. The van der Waals surface area contributed by atoms with Crippen LogP contribution < -0.4 is 10.6 Å². The summed E-state index contributed by atoms with van der Waals surface area (Å²) >= 11 is 1.58. The predicted molar refractivity (Wildman–Crippen MR) is 149 cm³/mol. The third-order valence-corrected chi connectivity index (χ3v) is 6.98. The van der Waals surface area contributed by atoms with Crippen molar-refractivity contribution >= 4 is 29.7 Å². The van der Waals surface area contributed by atoms with Gasteiger partial charge in [-0.15, -0.1) is 0 Å². The Labute approximate surface area is 226 Å². The van der Waals surface area contributed by atoms with Gasteiger partial charge in [0.1, 0.15) is 23.4 Å². The number of thioether (sulfide) groups is 1. The zero-order valence-corrected chi connectivity index (χ0v) is 23.9. The molecule has 2 atom stereocenters. The monoisotopic (exact) mass is 535 g/mol. The minimum Gasteiger partial charge on any atom is -0.508 e. The maximum atomic E-state index is 14.1. The number of nitrogens with one attached hydrogen (secondary N) is 2. The van der Waals surface area contributed by atoms with Crippen molar-refractivity contribution in [1.82, 2.24) is 15.5 Å². The highest BCUT2D eigenvalue weighted by atomic mass is 32.2. The van der Waals surface area contributed by atoms with Crippen LogP contribution in [-0.2, 0) is 14.3 Å². The van der Waals surface area contributed by atoms with Gasteiger partial charge in [0.25, 0.3) is 0 Å². The molecule has 3 amide bonds. The highest BCUT2D eigenvalue weighted by molar-refractivity contribution is 7.98. The molecule has 1 aliphatic carbocycles. The summed E-state index contributed by atoms with van der Waals surface area (Å²) in [5.74, 6) is 0.0869. The first-order valence-electron chi connectivity index (χ1n) is 13.4. The van der Waals surface area contributed by atoms with Crippen molar-refractivity contribution in [2.45, 2.75) is 103 Å². The van der Waals surface area contributed by atoms with E-state index < -0.39 is 23.8 Å². The number of alkyl carbamates (subject to hydrolysis) is 1. The second-order valence-corrected chi connectivity index (χ2v) is 11.7. The Morgan fingerprint density at radius 1 is 1.19 bits per heavy atom. The SMILES string of the molecule is CCCCN(C(=O)C(CCSC)NC(=O)OC(C)(C)C)C(C(=O)NC1CCCCC1)c1cccc(O)c1. The van der Waals surface area contributed by atoms with Gasteiger partial charge in [-0.1, -0.05) is 44.7 Å². The summed E-state index contributed by atoms with van der Waals surface area (Å²) in [6.45, 7) is 7.68. The van der Waals surface area contributed by atoms with Crippen LogP contribution in [0.1, 0.15) is 90.7 Å². The molecule has 9 heteroatoms. The number of carbonyl (C=O) groups excluding carboxylic acids is 3. The second-order valence-electron chi connectivity index (χ2n) is 10.7. The number of ether oxygens (including phenoxy) is 1. The predicted octanol–water partition coefficient (Wildman–Crippen LogP) is 5.16. The van der Waals surface area contributed by atoms with Crippen molar-refractivity contribution in [3.05, 3.63) is 29.8 Å². The van der Waals surface area contributed by atoms with Gasteiger partial charge in [-0.2, -0.15) is 11.8 Å². The molecule has 1 aromatic rings. The van der Waals surface area contributed by atoms with Crippen LogP contribution in [0.5, 0.6) is 5.75 Å². The Morgan fingerprint density at radius 2 is 1.89 bits per heavy atom. The van der Waals surface area contributed by atoms with Gasteiger partial charge in [-0.05, 0) is 76.2 Å². The molecule has 37 heavy (non-hydrogen) atoms. The molecule has 1 aliphatic rings. The molecule has 1 fully saturated rings. The van der Waals surface area contributed by atoms with Crippen molar-refractivity contribution in [1.29, 1.82) is 0 Å². The lowest BCUT2D eigenvalue weighted by molar-refractivity contribution is -0.143. The fourth-order valence-electron chi connectivity index (χ4n) is 4.53. The van der Waals surface area contributed by atoms with E-state index in [1.807, 2.05) is 13.2 Å². The first-order chi connectivity index (χ1) is 17.6. The minimum absolute atomic E-state index is 0.0293. The van der Waals surface area contributed by atoms with Gasteiger partial charge in [-0.3, -0.25) is 9.59 Å². The number of benzene rings is 1. The van der Waals surface area contributed by atoms with E-state index in [2.05, 4.69) is 10.6 Å². The molecular weight excluding hydrogens is 490 g/mol. The van der Waals surface area contributed by atoms with E-state index in [0.717, 1.165) is 38.5 Å². The Bertz CT molecular complexity index is 883. The van der Waals surface area contributed by atoms with Crippen LogP contribution in [0.25, 0.3) is 0 Å². The number of unbranched alkanes of at least 4 members (excludes halogenated alkanes) is 1. The summed E-state index contributed by atoms with van der Waals surface area (Å²) in [7, 11) is 0. The number of amides is 3. The van der Waals surface area contributed by atoms with Crippen LogP contribution in [0.4, 0.5) is 4.79 Å². The molecule has 0 spiro atoms. The smallest absolute Gasteiger partial charge is 0.408 e. The van der Waals surface area contributed by atoms with Crippen LogP contribution in [0, 0.1) is 0 Å². The topological polar surface area (TPSA) is 108 Å². The average molecular weight is 536 g/mol. The number of phenolic OH excluding ortho intramolecular Hbond substituents is 1. The lowest BCUT2D eigenvalue weighted by Gasteiger charge is -2.35. The highest BCUT2D eigenvalue weighted by Crippen LogP contribution is 2.28. The van der Waals surface area contributed by atoms with Crippen LogP contribution in [0.15, 0.2) is 24.3 Å². The number of aromatic hydroxyl groups is 1. The fourth-order valence-corrected chi connectivity index (χ4v) is 5.00. The van der Waals surface area contributed by atoms with Gasteiger partial charge in [0.2, 0.25) is 11.8 Å². The van der Waals surface area contributed by atoms with Crippen LogP contribution >= 0.6 is 11.8 Å². The van der Waals surface area contributed by atoms with Gasteiger partial charge < -0.3 is 25.4 Å². The molecule has 2 unspecified atom stereocenters. The van der Waals surface area contributed by atoms with Crippen molar-refractivity contribution in [2.75, 3.05) is 18.6 Å². The molecular formula is C28H45N3O5S. The highest BCUT2D eigenvalue weighted by Gasteiger charge is 2.36. The first-order valence-corrected chi connectivity index (χ1v) is 14.8. The molecule has 2 rings (SSSR count). The van der Waals surface area contributed by atoms with Crippen LogP contribution in [0.3, 0.4) is 0 Å². The van der Waals surface area contributed by atoms with Gasteiger partial charge >= 0.3 is 6.09 Å². The zero-order chi connectivity index (χ0) is 27.4. The van der Waals surface area contributed by atoms with E-state index >= 15 is 0 Å². The summed E-state index contributed by atoms with van der Waals surface area (Å²) in [4.78, 5) is 42.0. The normalized spacial score (nSPS) is 15.9. The Balaban J connectivity index is 2.42. The van der Waals surface area contributed by atoms with E-state index in [4.69, 9.17) is 4.74 Å². The summed E-state index contributed by atoms with van der Waals surface area (Å²) < 4.78 is 5.43. The fraction of sp³-hybridized carbons (Fsp3) is 0.679. The van der Waals surface area contributed by atoms with Crippen LogP contribution in [0.2, 0.25) is 0 Å². The largest absolute Gasteiger partial charge is 0.508 e. The van der Waals surface area contributed by atoms with Crippen molar-refractivity contribution in [3.63, 3.8) is 0 Å². The third-order valence-electron chi connectivity index (χ3n) is 6.33. The van der Waals surface area contributed by atoms with Crippen molar-refractivity contribution in [2.24, 2.45) is 0 Å². The number of carbonyl (C=O) groups is 3. The quantitative estimate of drug-likeness (QED) is 0.341. The standard InChI is InChI=1S/C28H45N3O5S/c1-6-7-17-31(26(34)23(16-18-37-5)30-27(35)36-28(2,3)4)24(20-12-11-15-22(32)19-20)25(33)29-21-13-9-8-10-14-21/h11-12,15,19,21,23-24,32H,6-10,13-14,16-18H2,1-5H3,(H,29,33)(H,30,35). The van der Waals surface area contributed by atoms with E-state index in [1.165, 1.54) is 6.07 Å². The van der Waals surface area contributed by atoms with E-state index in [9.17, 15) is 19.5 Å². The van der Waals surface area contributed by atoms with Gasteiger partial charge in [0.15, 0.2) is 0 Å². The van der Waals surface area contributed by atoms with Crippen molar-refractivity contribution < 1.29 is 24.2 Å². The number of hydrogen-bond acceptors (Lipinski definition) is 6. The number of hydrogen-bond donors (Lipinski definition) is 3. The number of rotatable bonds is 12. The maximum Gasteiger partial charge on any atom is 0.408 e. The second kappa shape index (κ2) is 15.1. The molecule has 0 aromatic heterocycles. The molecule has 1 saturated carbocycles. The van der Waals surface area contributed by atoms with E-state index in [-0.39, 0.29) is 23.6 Å². The molecule has 0 bridgehead atoms. The molecule has 3 N–H and O–H groups in total. The molecule has 0 aliphatic heterocycles. The molecule has 1 aromatic carbocycles. The van der Waals surface area contributed by atoms with Crippen molar-refractivity contribution in [3.8, 4) is 5.75 Å². The first kappa shape index (κ1) is 30.8. The Kier molecular flexibility index (Phi) is 12.6. The molecule has 0 heterocycles. The van der Waals surface area contributed by atoms with Gasteiger partial charge in [0, 0.05) is 12.6 Å². The Hall–Kier alpha value is -2.42. The molecule has 0 saturated heterocycles. The van der Waals surface area contributed by atoms with E-state index in [0.29, 0.717) is 30.7 Å².